The molecular weight excluding hydrogens is 347 g/mol. The third kappa shape index (κ3) is 10.8. The van der Waals surface area contributed by atoms with Gasteiger partial charge in [0.15, 0.2) is 5.96 Å². The molecule has 0 saturated carbocycles. The van der Waals surface area contributed by atoms with Crippen LogP contribution >= 0.6 is 0 Å². The van der Waals surface area contributed by atoms with Crippen molar-refractivity contribution in [3.8, 4) is 0 Å². The van der Waals surface area contributed by atoms with E-state index in [1.165, 1.54) is 4.90 Å². The summed E-state index contributed by atoms with van der Waals surface area (Å²) >= 11 is 0. The van der Waals surface area contributed by atoms with Gasteiger partial charge in [-0.1, -0.05) is 0 Å². The Labute approximate surface area is 155 Å². The number of guanidine groups is 1. The number of aliphatic imine (C=N–C) groups is 1. The van der Waals surface area contributed by atoms with Gasteiger partial charge >= 0.3 is 6.18 Å². The van der Waals surface area contributed by atoms with Crippen molar-refractivity contribution in [1.82, 2.24) is 20.4 Å². The summed E-state index contributed by atoms with van der Waals surface area (Å²) in [5.74, 6) is 0.914. The van der Waals surface area contributed by atoms with Crippen molar-refractivity contribution in [2.45, 2.75) is 25.9 Å². The van der Waals surface area contributed by atoms with E-state index in [1.807, 2.05) is 6.92 Å². The number of likely N-dealkylation sites (tertiary alicyclic amines) is 1. The molecule has 1 unspecified atom stereocenters. The maximum atomic E-state index is 12.5. The van der Waals surface area contributed by atoms with Crippen molar-refractivity contribution >= 4 is 5.96 Å². The third-order valence-electron chi connectivity index (χ3n) is 4.30. The lowest BCUT2D eigenvalue weighted by molar-refractivity contribution is -0.143. The zero-order valence-electron chi connectivity index (χ0n) is 16.2. The van der Waals surface area contributed by atoms with Crippen LogP contribution in [0.15, 0.2) is 4.99 Å². The number of nitrogens with zero attached hydrogens (tertiary/aromatic N) is 3. The molecule has 0 bridgehead atoms. The summed E-state index contributed by atoms with van der Waals surface area (Å²) in [6, 6.07) is 0. The Morgan fingerprint density at radius 3 is 2.73 bits per heavy atom. The molecule has 1 heterocycles. The van der Waals surface area contributed by atoms with Gasteiger partial charge < -0.3 is 20.3 Å². The predicted octanol–water partition coefficient (Wildman–Crippen LogP) is 1.39. The van der Waals surface area contributed by atoms with Crippen molar-refractivity contribution in [1.29, 1.82) is 0 Å². The van der Waals surface area contributed by atoms with Gasteiger partial charge in [0.05, 0.1) is 6.54 Å². The van der Waals surface area contributed by atoms with Crippen LogP contribution in [0.1, 0.15) is 19.8 Å². The van der Waals surface area contributed by atoms with Gasteiger partial charge in [-0.05, 0) is 39.3 Å². The first-order valence-corrected chi connectivity index (χ1v) is 9.32. The van der Waals surface area contributed by atoms with Crippen molar-refractivity contribution in [2.24, 2.45) is 10.9 Å². The summed E-state index contributed by atoms with van der Waals surface area (Å²) in [5, 5.41) is 6.48. The van der Waals surface area contributed by atoms with Gasteiger partial charge in [0.1, 0.15) is 0 Å². The van der Waals surface area contributed by atoms with Crippen molar-refractivity contribution in [3.05, 3.63) is 0 Å². The molecule has 0 aromatic heterocycles. The molecule has 1 aliphatic rings. The zero-order chi connectivity index (χ0) is 19.4. The fourth-order valence-corrected chi connectivity index (χ4v) is 2.98. The molecule has 0 aromatic rings. The lowest BCUT2D eigenvalue weighted by Crippen LogP contribution is -2.41. The number of alkyl halides is 3. The molecule has 1 rings (SSSR count). The number of likely N-dealkylation sites (N-methyl/N-ethyl adjacent to an activating group) is 1. The Kier molecular flexibility index (Phi) is 10.9. The smallest absolute Gasteiger partial charge is 0.385 e. The van der Waals surface area contributed by atoms with Crippen LogP contribution in [0, 0.1) is 5.92 Å². The Bertz CT molecular complexity index is 406. The summed E-state index contributed by atoms with van der Waals surface area (Å²) in [6.07, 6.45) is -2.36. The summed E-state index contributed by atoms with van der Waals surface area (Å²) < 4.78 is 42.4. The first-order valence-electron chi connectivity index (χ1n) is 9.32. The van der Waals surface area contributed by atoms with E-state index in [2.05, 4.69) is 27.6 Å². The zero-order valence-corrected chi connectivity index (χ0v) is 16.2. The molecular formula is C17H34F3N5O. The molecule has 0 aromatic carbocycles. The van der Waals surface area contributed by atoms with Crippen LogP contribution in [0.2, 0.25) is 0 Å². The quantitative estimate of drug-likeness (QED) is 0.322. The molecule has 154 valence electrons. The summed E-state index contributed by atoms with van der Waals surface area (Å²) in [6.45, 7) is 6.82. The maximum absolute atomic E-state index is 12.5. The molecule has 9 heteroatoms. The second kappa shape index (κ2) is 12.3. The number of halogens is 3. The van der Waals surface area contributed by atoms with E-state index in [0.717, 1.165) is 51.6 Å². The van der Waals surface area contributed by atoms with E-state index in [4.69, 9.17) is 4.74 Å². The molecule has 1 aliphatic heterocycles. The van der Waals surface area contributed by atoms with Crippen LogP contribution in [0.25, 0.3) is 0 Å². The van der Waals surface area contributed by atoms with E-state index in [-0.39, 0.29) is 5.92 Å². The van der Waals surface area contributed by atoms with Crippen LogP contribution in [0.3, 0.4) is 0 Å². The monoisotopic (exact) mass is 381 g/mol. The first kappa shape index (κ1) is 23.0. The number of rotatable bonds is 11. The maximum Gasteiger partial charge on any atom is 0.401 e. The van der Waals surface area contributed by atoms with Gasteiger partial charge in [-0.15, -0.1) is 0 Å². The molecule has 1 saturated heterocycles. The number of nitrogens with one attached hydrogen (secondary N) is 2. The first-order chi connectivity index (χ1) is 12.3. The van der Waals surface area contributed by atoms with Gasteiger partial charge in [-0.25, -0.2) is 0 Å². The standard InChI is InChI=1S/C17H34F3N5O/c1-4-21-16(22-7-10-24(2)8-5-11-26-3)23-12-15-6-9-25(13-15)14-17(18,19)20/h15H,4-14H2,1-3H3,(H2,21,22,23). The largest absolute Gasteiger partial charge is 0.401 e. The molecule has 0 amide bonds. The highest BCUT2D eigenvalue weighted by molar-refractivity contribution is 5.79. The van der Waals surface area contributed by atoms with Crippen LogP contribution in [0.4, 0.5) is 13.2 Å². The molecule has 1 atom stereocenters. The number of hydrogen-bond acceptors (Lipinski definition) is 4. The van der Waals surface area contributed by atoms with Gasteiger partial charge in [0, 0.05) is 53.0 Å². The molecule has 6 nitrogen and oxygen atoms in total. The number of methoxy groups -OCH3 is 1. The van der Waals surface area contributed by atoms with E-state index in [1.54, 1.807) is 7.11 Å². The Morgan fingerprint density at radius 1 is 1.31 bits per heavy atom. The van der Waals surface area contributed by atoms with Crippen LogP contribution in [-0.4, -0.2) is 95.1 Å². The van der Waals surface area contributed by atoms with Crippen molar-refractivity contribution in [3.63, 3.8) is 0 Å². The Morgan fingerprint density at radius 2 is 2.08 bits per heavy atom. The minimum Gasteiger partial charge on any atom is -0.385 e. The van der Waals surface area contributed by atoms with E-state index in [0.29, 0.717) is 19.6 Å². The van der Waals surface area contributed by atoms with Gasteiger partial charge in [0.25, 0.3) is 0 Å². The van der Waals surface area contributed by atoms with Gasteiger partial charge in [0.2, 0.25) is 0 Å². The molecule has 26 heavy (non-hydrogen) atoms. The summed E-state index contributed by atoms with van der Waals surface area (Å²) in [4.78, 5) is 8.24. The highest BCUT2D eigenvalue weighted by Gasteiger charge is 2.34. The average Bonchev–Trinajstić information content (AvgIpc) is 2.98. The van der Waals surface area contributed by atoms with E-state index in [9.17, 15) is 13.2 Å². The van der Waals surface area contributed by atoms with E-state index < -0.39 is 12.7 Å². The molecule has 1 fully saturated rings. The van der Waals surface area contributed by atoms with Gasteiger partial charge in [-0.3, -0.25) is 9.89 Å². The molecule has 0 radical (unpaired) electrons. The second-order valence-corrected chi connectivity index (χ2v) is 6.80. The van der Waals surface area contributed by atoms with E-state index >= 15 is 0 Å². The lowest BCUT2D eigenvalue weighted by atomic mass is 10.1. The highest BCUT2D eigenvalue weighted by atomic mass is 19.4. The average molecular weight is 381 g/mol. The SMILES string of the molecule is CCNC(=NCC1CCN(CC(F)(F)F)C1)NCCN(C)CCCOC. The molecule has 2 N–H and O–H groups in total. The fraction of sp³-hybridized carbons (Fsp3) is 0.941. The predicted molar refractivity (Wildman–Crippen MR) is 98.6 cm³/mol. The second-order valence-electron chi connectivity index (χ2n) is 6.80. The highest BCUT2D eigenvalue weighted by Crippen LogP contribution is 2.22. The summed E-state index contributed by atoms with van der Waals surface area (Å²) in [5.41, 5.74) is 0. The van der Waals surface area contributed by atoms with Crippen LogP contribution in [-0.2, 0) is 4.74 Å². The third-order valence-corrected chi connectivity index (χ3v) is 4.30. The van der Waals surface area contributed by atoms with Crippen LogP contribution in [0.5, 0.6) is 0 Å². The minimum absolute atomic E-state index is 0.185. The summed E-state index contributed by atoms with van der Waals surface area (Å²) in [7, 11) is 3.77. The topological polar surface area (TPSA) is 52.1 Å². The number of hydrogen-bond donors (Lipinski definition) is 2. The van der Waals surface area contributed by atoms with Crippen molar-refractivity contribution < 1.29 is 17.9 Å². The normalized spacial score (nSPS) is 19.3. The minimum atomic E-state index is -4.12. The van der Waals surface area contributed by atoms with Crippen LogP contribution < -0.4 is 10.6 Å². The fourth-order valence-electron chi connectivity index (χ4n) is 2.98. The van der Waals surface area contributed by atoms with Gasteiger partial charge in [-0.2, -0.15) is 13.2 Å². The molecule has 0 spiro atoms. The molecule has 0 aliphatic carbocycles. The Balaban J connectivity index is 2.30. The lowest BCUT2D eigenvalue weighted by Gasteiger charge is -2.19. The Hall–Kier alpha value is -1.06. The van der Waals surface area contributed by atoms with Crippen molar-refractivity contribution in [2.75, 3.05) is 73.1 Å². The number of ether oxygens (including phenoxy) is 1.